The lowest BCUT2D eigenvalue weighted by molar-refractivity contribution is -0.0180. The molecule has 2 heterocycles. The monoisotopic (exact) mass is 239 g/mol. The highest BCUT2D eigenvalue weighted by Crippen LogP contribution is 2.24. The van der Waals surface area contributed by atoms with Crippen LogP contribution in [0.15, 0.2) is 22.8 Å². The summed E-state index contributed by atoms with van der Waals surface area (Å²) in [5.74, 6) is 0.984. The maximum Gasteiger partial charge on any atom is 0.120 e. The zero-order valence-corrected chi connectivity index (χ0v) is 10.6. The molecule has 1 aliphatic heterocycles. The van der Waals surface area contributed by atoms with Gasteiger partial charge in [-0.05, 0) is 18.6 Å². The van der Waals surface area contributed by atoms with E-state index in [1.165, 1.54) is 0 Å². The molecule has 0 saturated carbocycles. The molecule has 0 spiro atoms. The first-order chi connectivity index (χ1) is 8.29. The van der Waals surface area contributed by atoms with Crippen LogP contribution in [0.25, 0.3) is 0 Å². The lowest BCUT2D eigenvalue weighted by Crippen LogP contribution is -2.44. The Morgan fingerprint density at radius 3 is 3.00 bits per heavy atom. The van der Waals surface area contributed by atoms with E-state index in [0.717, 1.165) is 31.8 Å². The minimum absolute atomic E-state index is 0.167. The van der Waals surface area contributed by atoms with Crippen LogP contribution in [0.4, 0.5) is 0 Å². The van der Waals surface area contributed by atoms with Gasteiger partial charge in [0.1, 0.15) is 11.4 Å². The van der Waals surface area contributed by atoms with E-state index in [2.05, 4.69) is 12.2 Å². The van der Waals surface area contributed by atoms with Crippen molar-refractivity contribution >= 4 is 0 Å². The molecule has 1 N–H and O–H groups in total. The SMILES string of the molecule is CCC(NCC1(OC)CCOC1)c1ccco1. The molecule has 1 saturated heterocycles. The molecular formula is C13H21NO3. The van der Waals surface area contributed by atoms with Crippen LogP contribution >= 0.6 is 0 Å². The van der Waals surface area contributed by atoms with Crippen LogP contribution in [-0.2, 0) is 9.47 Å². The van der Waals surface area contributed by atoms with Crippen molar-refractivity contribution in [2.45, 2.75) is 31.4 Å². The number of hydrogen-bond acceptors (Lipinski definition) is 4. The van der Waals surface area contributed by atoms with Crippen molar-refractivity contribution in [2.24, 2.45) is 0 Å². The van der Waals surface area contributed by atoms with Crippen LogP contribution in [0.5, 0.6) is 0 Å². The number of furan rings is 1. The summed E-state index contributed by atoms with van der Waals surface area (Å²) >= 11 is 0. The molecule has 0 radical (unpaired) electrons. The fourth-order valence-corrected chi connectivity index (χ4v) is 2.21. The molecule has 2 unspecified atom stereocenters. The molecule has 1 fully saturated rings. The molecule has 0 aromatic carbocycles. The first kappa shape index (κ1) is 12.6. The average Bonchev–Trinajstić information content (AvgIpc) is 3.01. The van der Waals surface area contributed by atoms with Gasteiger partial charge in [-0.1, -0.05) is 6.92 Å². The fourth-order valence-electron chi connectivity index (χ4n) is 2.21. The minimum Gasteiger partial charge on any atom is -0.468 e. The van der Waals surface area contributed by atoms with Crippen LogP contribution in [0.1, 0.15) is 31.6 Å². The Morgan fingerprint density at radius 1 is 1.59 bits per heavy atom. The van der Waals surface area contributed by atoms with Gasteiger partial charge in [0.25, 0.3) is 0 Å². The Bertz CT molecular complexity index is 317. The molecule has 0 aliphatic carbocycles. The maximum atomic E-state index is 5.59. The Balaban J connectivity index is 1.91. The normalized spacial score (nSPS) is 26.2. The molecule has 1 aliphatic rings. The minimum atomic E-state index is -0.167. The lowest BCUT2D eigenvalue weighted by Gasteiger charge is -2.28. The molecule has 1 aromatic rings. The van der Waals surface area contributed by atoms with E-state index in [1.807, 2.05) is 12.1 Å². The highest BCUT2D eigenvalue weighted by atomic mass is 16.5. The van der Waals surface area contributed by atoms with Crippen molar-refractivity contribution in [3.05, 3.63) is 24.2 Å². The Kier molecular flexibility index (Phi) is 4.20. The highest BCUT2D eigenvalue weighted by Gasteiger charge is 2.35. The van der Waals surface area contributed by atoms with E-state index < -0.39 is 0 Å². The second-order valence-corrected chi connectivity index (χ2v) is 4.55. The molecule has 4 nitrogen and oxygen atoms in total. The Labute approximate surface area is 102 Å². The third-order valence-electron chi connectivity index (χ3n) is 3.47. The second-order valence-electron chi connectivity index (χ2n) is 4.55. The van der Waals surface area contributed by atoms with Gasteiger partial charge >= 0.3 is 0 Å². The maximum absolute atomic E-state index is 5.59. The molecule has 1 aromatic heterocycles. The number of nitrogens with one attached hydrogen (secondary N) is 1. The standard InChI is InChI=1S/C13H21NO3/c1-3-11(12-5-4-7-17-12)14-9-13(15-2)6-8-16-10-13/h4-5,7,11,14H,3,6,8-10H2,1-2H3. The predicted molar refractivity (Wildman–Crippen MR) is 64.9 cm³/mol. The molecule has 17 heavy (non-hydrogen) atoms. The smallest absolute Gasteiger partial charge is 0.120 e. The molecule has 0 bridgehead atoms. The third-order valence-corrected chi connectivity index (χ3v) is 3.47. The van der Waals surface area contributed by atoms with Crippen LogP contribution in [0.3, 0.4) is 0 Å². The van der Waals surface area contributed by atoms with Crippen LogP contribution in [0.2, 0.25) is 0 Å². The number of methoxy groups -OCH3 is 1. The second kappa shape index (κ2) is 5.67. The predicted octanol–water partition coefficient (Wildman–Crippen LogP) is 2.13. The molecule has 4 heteroatoms. The summed E-state index contributed by atoms with van der Waals surface area (Å²) in [7, 11) is 1.75. The summed E-state index contributed by atoms with van der Waals surface area (Å²) in [6.07, 6.45) is 3.66. The average molecular weight is 239 g/mol. The topological polar surface area (TPSA) is 43.6 Å². The summed E-state index contributed by atoms with van der Waals surface area (Å²) in [5.41, 5.74) is -0.167. The fraction of sp³-hybridized carbons (Fsp3) is 0.692. The van der Waals surface area contributed by atoms with Crippen LogP contribution < -0.4 is 5.32 Å². The summed E-state index contributed by atoms with van der Waals surface area (Å²) in [4.78, 5) is 0. The highest BCUT2D eigenvalue weighted by molar-refractivity contribution is 5.04. The summed E-state index contributed by atoms with van der Waals surface area (Å²) in [6.45, 7) is 4.39. The zero-order chi connectivity index (χ0) is 12.1. The van der Waals surface area contributed by atoms with Gasteiger partial charge in [-0.3, -0.25) is 0 Å². The van der Waals surface area contributed by atoms with E-state index in [4.69, 9.17) is 13.9 Å². The van der Waals surface area contributed by atoms with Gasteiger partial charge in [-0.15, -0.1) is 0 Å². The van der Waals surface area contributed by atoms with Gasteiger partial charge < -0.3 is 19.2 Å². The van der Waals surface area contributed by atoms with Crippen molar-refractivity contribution in [3.63, 3.8) is 0 Å². The van der Waals surface area contributed by atoms with Crippen LogP contribution in [0, 0.1) is 0 Å². The third kappa shape index (κ3) is 2.89. The molecule has 2 atom stereocenters. The molecule has 0 amide bonds. The summed E-state index contributed by atoms with van der Waals surface area (Å²) < 4.78 is 16.4. The Hall–Kier alpha value is -0.840. The van der Waals surface area contributed by atoms with E-state index in [0.29, 0.717) is 6.61 Å². The van der Waals surface area contributed by atoms with E-state index in [1.54, 1.807) is 13.4 Å². The zero-order valence-electron chi connectivity index (χ0n) is 10.6. The van der Waals surface area contributed by atoms with E-state index in [-0.39, 0.29) is 11.6 Å². The van der Waals surface area contributed by atoms with Gasteiger partial charge in [0, 0.05) is 26.7 Å². The number of hydrogen-bond donors (Lipinski definition) is 1. The summed E-state index contributed by atoms with van der Waals surface area (Å²) in [5, 5.41) is 3.51. The van der Waals surface area contributed by atoms with Gasteiger partial charge in [-0.2, -0.15) is 0 Å². The van der Waals surface area contributed by atoms with Gasteiger partial charge in [-0.25, -0.2) is 0 Å². The van der Waals surface area contributed by atoms with Crippen molar-refractivity contribution in [3.8, 4) is 0 Å². The largest absolute Gasteiger partial charge is 0.468 e. The molecule has 2 rings (SSSR count). The quantitative estimate of drug-likeness (QED) is 0.826. The van der Waals surface area contributed by atoms with E-state index in [9.17, 15) is 0 Å². The Morgan fingerprint density at radius 2 is 2.47 bits per heavy atom. The van der Waals surface area contributed by atoms with Gasteiger partial charge in [0.15, 0.2) is 0 Å². The van der Waals surface area contributed by atoms with Crippen molar-refractivity contribution in [1.82, 2.24) is 5.32 Å². The number of rotatable bonds is 6. The van der Waals surface area contributed by atoms with Gasteiger partial charge in [0.2, 0.25) is 0 Å². The summed E-state index contributed by atoms with van der Waals surface area (Å²) in [6, 6.07) is 4.17. The van der Waals surface area contributed by atoms with Crippen molar-refractivity contribution in [2.75, 3.05) is 26.9 Å². The first-order valence-corrected chi connectivity index (χ1v) is 6.19. The van der Waals surface area contributed by atoms with Gasteiger partial charge in [0.05, 0.1) is 18.9 Å². The van der Waals surface area contributed by atoms with Crippen molar-refractivity contribution < 1.29 is 13.9 Å². The van der Waals surface area contributed by atoms with Crippen molar-refractivity contribution in [1.29, 1.82) is 0 Å². The molecule has 96 valence electrons. The van der Waals surface area contributed by atoms with Crippen LogP contribution in [-0.4, -0.2) is 32.5 Å². The van der Waals surface area contributed by atoms with E-state index >= 15 is 0 Å². The lowest BCUT2D eigenvalue weighted by atomic mass is 10.0. The first-order valence-electron chi connectivity index (χ1n) is 6.19. The molecular weight excluding hydrogens is 218 g/mol. The number of ether oxygens (including phenoxy) is 2.